The summed E-state index contributed by atoms with van der Waals surface area (Å²) in [6.45, 7) is 0.191. The van der Waals surface area contributed by atoms with Gasteiger partial charge >= 0.3 is 6.09 Å². The molecule has 2 aromatic rings. The zero-order valence-corrected chi connectivity index (χ0v) is 11.5. The highest BCUT2D eigenvalue weighted by Crippen LogP contribution is 2.04. The third-order valence-electron chi connectivity index (χ3n) is 2.94. The predicted octanol–water partition coefficient (Wildman–Crippen LogP) is 3.05. The van der Waals surface area contributed by atoms with Crippen LogP contribution in [0.3, 0.4) is 0 Å². The summed E-state index contributed by atoms with van der Waals surface area (Å²) in [6, 6.07) is 20.4. The van der Waals surface area contributed by atoms with Crippen molar-refractivity contribution < 1.29 is 9.53 Å². The van der Waals surface area contributed by atoms with Crippen molar-refractivity contribution in [2.75, 3.05) is 0 Å². The molecule has 1 N–H and O–H groups in total. The normalized spacial score (nSPS) is 11.2. The number of amides is 1. The average molecular weight is 280 g/mol. The third-order valence-corrected chi connectivity index (χ3v) is 2.94. The van der Waals surface area contributed by atoms with Crippen LogP contribution in [0.1, 0.15) is 11.1 Å². The first kappa shape index (κ1) is 14.6. The fourth-order valence-electron chi connectivity index (χ4n) is 1.89. The van der Waals surface area contributed by atoms with Gasteiger partial charge in [0.2, 0.25) is 0 Å². The van der Waals surface area contributed by atoms with E-state index in [1.807, 2.05) is 60.7 Å². The molecule has 21 heavy (non-hydrogen) atoms. The van der Waals surface area contributed by atoms with E-state index in [0.29, 0.717) is 6.42 Å². The number of benzene rings is 2. The minimum absolute atomic E-state index is 0.191. The number of hydrogen-bond donors (Lipinski definition) is 1. The molecular weight excluding hydrogens is 264 g/mol. The number of nitrogens with zero attached hydrogens (tertiary/aromatic N) is 1. The first-order valence-electron chi connectivity index (χ1n) is 6.68. The van der Waals surface area contributed by atoms with Gasteiger partial charge in [0.25, 0.3) is 0 Å². The minimum Gasteiger partial charge on any atom is -0.445 e. The van der Waals surface area contributed by atoms with Crippen LogP contribution in [0.4, 0.5) is 4.79 Å². The molecule has 2 rings (SSSR count). The molecule has 0 saturated carbocycles. The predicted molar refractivity (Wildman–Crippen MR) is 79.3 cm³/mol. The number of carbonyl (C=O) groups is 1. The van der Waals surface area contributed by atoms with Gasteiger partial charge in [-0.1, -0.05) is 60.7 Å². The second kappa shape index (κ2) is 7.71. The summed E-state index contributed by atoms with van der Waals surface area (Å²) >= 11 is 0. The van der Waals surface area contributed by atoms with Crippen LogP contribution in [0.15, 0.2) is 60.7 Å². The second-order valence-corrected chi connectivity index (χ2v) is 4.58. The Bertz CT molecular complexity index is 606. The highest BCUT2D eigenvalue weighted by molar-refractivity contribution is 5.68. The van der Waals surface area contributed by atoms with Gasteiger partial charge in [0.1, 0.15) is 12.6 Å². The first-order chi connectivity index (χ1) is 10.3. The van der Waals surface area contributed by atoms with Gasteiger partial charge in [-0.3, -0.25) is 0 Å². The topological polar surface area (TPSA) is 62.1 Å². The molecule has 0 unspecified atom stereocenters. The number of ether oxygens (including phenoxy) is 1. The maximum absolute atomic E-state index is 11.7. The zero-order chi connectivity index (χ0) is 14.9. The fraction of sp³-hybridized carbons (Fsp3) is 0.176. The van der Waals surface area contributed by atoms with Gasteiger partial charge in [-0.15, -0.1) is 0 Å². The lowest BCUT2D eigenvalue weighted by Crippen LogP contribution is -2.35. The molecule has 0 saturated heterocycles. The Morgan fingerprint density at radius 2 is 1.62 bits per heavy atom. The summed E-state index contributed by atoms with van der Waals surface area (Å²) in [6.07, 6.45) is -0.126. The van der Waals surface area contributed by atoms with Crippen molar-refractivity contribution in [1.29, 1.82) is 5.26 Å². The van der Waals surface area contributed by atoms with Crippen molar-refractivity contribution in [2.24, 2.45) is 0 Å². The Kier molecular flexibility index (Phi) is 5.36. The van der Waals surface area contributed by atoms with Crippen LogP contribution in [0.5, 0.6) is 0 Å². The fourth-order valence-corrected chi connectivity index (χ4v) is 1.89. The highest BCUT2D eigenvalue weighted by atomic mass is 16.5. The summed E-state index contributed by atoms with van der Waals surface area (Å²) in [5.41, 5.74) is 1.90. The van der Waals surface area contributed by atoms with Crippen LogP contribution >= 0.6 is 0 Å². The zero-order valence-electron chi connectivity index (χ0n) is 11.5. The Morgan fingerprint density at radius 1 is 1.05 bits per heavy atom. The SMILES string of the molecule is N#C[C@@H](Cc1ccccc1)NC(=O)OCc1ccccc1. The molecule has 0 aliphatic heterocycles. The monoisotopic (exact) mass is 280 g/mol. The molecule has 0 aliphatic rings. The molecule has 0 fully saturated rings. The van der Waals surface area contributed by atoms with E-state index >= 15 is 0 Å². The average Bonchev–Trinajstić information content (AvgIpc) is 2.54. The van der Waals surface area contributed by atoms with E-state index in [9.17, 15) is 4.79 Å². The number of carbonyl (C=O) groups excluding carboxylic acids is 1. The molecule has 0 bridgehead atoms. The Hall–Kier alpha value is -2.80. The van der Waals surface area contributed by atoms with Crippen LogP contribution in [-0.4, -0.2) is 12.1 Å². The van der Waals surface area contributed by atoms with Crippen LogP contribution in [0.2, 0.25) is 0 Å². The molecule has 106 valence electrons. The van der Waals surface area contributed by atoms with Crippen molar-refractivity contribution in [2.45, 2.75) is 19.1 Å². The van der Waals surface area contributed by atoms with Gasteiger partial charge in [-0.2, -0.15) is 5.26 Å². The first-order valence-corrected chi connectivity index (χ1v) is 6.68. The highest BCUT2D eigenvalue weighted by Gasteiger charge is 2.13. The number of alkyl carbamates (subject to hydrolysis) is 1. The van der Waals surface area contributed by atoms with Crippen molar-refractivity contribution >= 4 is 6.09 Å². The molecule has 0 spiro atoms. The van der Waals surface area contributed by atoms with Gasteiger partial charge in [0.15, 0.2) is 0 Å². The quantitative estimate of drug-likeness (QED) is 0.915. The molecule has 0 heterocycles. The lowest BCUT2D eigenvalue weighted by Gasteiger charge is -2.12. The molecule has 1 amide bonds. The van der Waals surface area contributed by atoms with E-state index in [0.717, 1.165) is 11.1 Å². The Labute approximate surface area is 124 Å². The van der Waals surface area contributed by atoms with E-state index in [2.05, 4.69) is 11.4 Å². The van der Waals surface area contributed by atoms with Crippen LogP contribution in [-0.2, 0) is 17.8 Å². The number of nitriles is 1. The summed E-state index contributed by atoms with van der Waals surface area (Å²) in [7, 11) is 0. The van der Waals surface area contributed by atoms with Crippen molar-refractivity contribution in [3.8, 4) is 6.07 Å². The smallest absolute Gasteiger partial charge is 0.408 e. The lowest BCUT2D eigenvalue weighted by atomic mass is 10.1. The summed E-state index contributed by atoms with van der Waals surface area (Å²) in [5.74, 6) is 0. The van der Waals surface area contributed by atoms with Crippen molar-refractivity contribution in [3.05, 3.63) is 71.8 Å². The largest absolute Gasteiger partial charge is 0.445 e. The van der Waals surface area contributed by atoms with Crippen molar-refractivity contribution in [1.82, 2.24) is 5.32 Å². The molecule has 0 aromatic heterocycles. The molecule has 0 radical (unpaired) electrons. The molecule has 1 atom stereocenters. The van der Waals surface area contributed by atoms with Gasteiger partial charge in [0, 0.05) is 6.42 Å². The number of rotatable bonds is 5. The van der Waals surface area contributed by atoms with Gasteiger partial charge < -0.3 is 10.1 Å². The molecule has 0 aliphatic carbocycles. The number of nitrogens with one attached hydrogen (secondary N) is 1. The Balaban J connectivity index is 1.81. The van der Waals surface area contributed by atoms with Crippen LogP contribution < -0.4 is 5.32 Å². The van der Waals surface area contributed by atoms with E-state index in [4.69, 9.17) is 10.00 Å². The van der Waals surface area contributed by atoms with Gasteiger partial charge in [0.05, 0.1) is 6.07 Å². The summed E-state index contributed by atoms with van der Waals surface area (Å²) in [4.78, 5) is 11.7. The van der Waals surface area contributed by atoms with E-state index in [1.54, 1.807) is 0 Å². The summed E-state index contributed by atoms with van der Waals surface area (Å²) < 4.78 is 5.10. The van der Waals surface area contributed by atoms with Gasteiger partial charge in [-0.25, -0.2) is 4.79 Å². The molecule has 4 nitrogen and oxygen atoms in total. The van der Waals surface area contributed by atoms with Crippen molar-refractivity contribution in [3.63, 3.8) is 0 Å². The maximum atomic E-state index is 11.7. The number of hydrogen-bond acceptors (Lipinski definition) is 3. The maximum Gasteiger partial charge on any atom is 0.408 e. The van der Waals surface area contributed by atoms with E-state index < -0.39 is 12.1 Å². The lowest BCUT2D eigenvalue weighted by molar-refractivity contribution is 0.137. The molecular formula is C17H16N2O2. The molecule has 2 aromatic carbocycles. The Morgan fingerprint density at radius 3 is 2.19 bits per heavy atom. The third kappa shape index (κ3) is 5.00. The van der Waals surface area contributed by atoms with Crippen LogP contribution in [0.25, 0.3) is 0 Å². The van der Waals surface area contributed by atoms with E-state index in [-0.39, 0.29) is 6.61 Å². The molecule has 4 heteroatoms. The summed E-state index contributed by atoms with van der Waals surface area (Å²) in [5, 5.41) is 11.7. The van der Waals surface area contributed by atoms with Gasteiger partial charge in [-0.05, 0) is 11.1 Å². The van der Waals surface area contributed by atoms with Crippen LogP contribution in [0, 0.1) is 11.3 Å². The second-order valence-electron chi connectivity index (χ2n) is 4.58. The van der Waals surface area contributed by atoms with E-state index in [1.165, 1.54) is 0 Å². The minimum atomic E-state index is -0.601. The standard InChI is InChI=1S/C17H16N2O2/c18-12-16(11-14-7-3-1-4-8-14)19-17(20)21-13-15-9-5-2-6-10-15/h1-10,16H,11,13H2,(H,19,20)/t16-/m1/s1.